The summed E-state index contributed by atoms with van der Waals surface area (Å²) in [5.41, 5.74) is 2.21. The lowest BCUT2D eigenvalue weighted by atomic mass is 9.93. The van der Waals surface area contributed by atoms with Gasteiger partial charge in [0.2, 0.25) is 0 Å². The fourth-order valence-corrected chi connectivity index (χ4v) is 2.66. The van der Waals surface area contributed by atoms with Crippen molar-refractivity contribution in [3.63, 3.8) is 0 Å². The van der Waals surface area contributed by atoms with Gasteiger partial charge in [0.25, 0.3) is 0 Å². The maximum Gasteiger partial charge on any atom is 0.133 e. The van der Waals surface area contributed by atoms with Crippen LogP contribution in [0.1, 0.15) is 17.0 Å². The van der Waals surface area contributed by atoms with Crippen molar-refractivity contribution in [1.82, 2.24) is 0 Å². The van der Waals surface area contributed by atoms with Gasteiger partial charge in [-0.2, -0.15) is 5.26 Å². The van der Waals surface area contributed by atoms with Crippen LogP contribution >= 0.6 is 11.8 Å². The van der Waals surface area contributed by atoms with Crippen molar-refractivity contribution in [2.45, 2.75) is 12.3 Å². The van der Waals surface area contributed by atoms with E-state index in [1.165, 1.54) is 11.8 Å². The Hall–Kier alpha value is -2.12. The van der Waals surface area contributed by atoms with E-state index in [0.717, 1.165) is 17.5 Å². The first kappa shape index (κ1) is 14.3. The molecule has 2 N–H and O–H groups in total. The minimum absolute atomic E-state index is 0.199. The molecule has 0 aliphatic carbocycles. The monoisotopic (exact) mass is 285 g/mol. The van der Waals surface area contributed by atoms with Crippen LogP contribution in [0.3, 0.4) is 0 Å². The van der Waals surface area contributed by atoms with Crippen LogP contribution in [-0.4, -0.2) is 16.0 Å². The van der Waals surface area contributed by atoms with Crippen molar-refractivity contribution in [3.8, 4) is 16.9 Å². The quantitative estimate of drug-likeness (QED) is 0.823. The van der Waals surface area contributed by atoms with Crippen LogP contribution in [0.25, 0.3) is 0 Å². The molecule has 0 amide bonds. The third kappa shape index (κ3) is 3.94. The Balaban J connectivity index is 2.17. The van der Waals surface area contributed by atoms with E-state index in [2.05, 4.69) is 5.40 Å². The minimum Gasteiger partial charge on any atom is -0.508 e. The lowest BCUT2D eigenvalue weighted by molar-refractivity contribution is 0.474. The Labute approximate surface area is 122 Å². The average Bonchev–Trinajstić information content (AvgIpc) is 2.46. The largest absolute Gasteiger partial charge is 0.508 e. The van der Waals surface area contributed by atoms with Crippen LogP contribution in [0.15, 0.2) is 48.5 Å². The van der Waals surface area contributed by atoms with Crippen LogP contribution in [-0.2, 0) is 6.42 Å². The third-order valence-electron chi connectivity index (χ3n) is 3.13. The molecule has 0 spiro atoms. The molecule has 0 aliphatic rings. The number of benzene rings is 2. The summed E-state index contributed by atoms with van der Waals surface area (Å²) in [6.45, 7) is 0. The molecule has 4 heteroatoms. The number of phenolic OH excluding ortho intramolecular Hbond substituents is 2. The highest BCUT2D eigenvalue weighted by atomic mass is 32.2. The number of nitriles is 1. The number of nitrogens with zero attached hydrogens (tertiary/aromatic N) is 1. The van der Waals surface area contributed by atoms with Gasteiger partial charge in [0, 0.05) is 5.75 Å². The van der Waals surface area contributed by atoms with E-state index >= 15 is 0 Å². The van der Waals surface area contributed by atoms with Gasteiger partial charge in [-0.3, -0.25) is 0 Å². The van der Waals surface area contributed by atoms with Crippen LogP contribution in [0, 0.1) is 10.7 Å². The Kier molecular flexibility index (Phi) is 4.91. The zero-order valence-electron chi connectivity index (χ0n) is 10.9. The van der Waals surface area contributed by atoms with Crippen LogP contribution < -0.4 is 0 Å². The smallest absolute Gasteiger partial charge is 0.133 e. The van der Waals surface area contributed by atoms with Gasteiger partial charge in [0.1, 0.15) is 16.9 Å². The van der Waals surface area contributed by atoms with Gasteiger partial charge in [-0.05, 0) is 59.5 Å². The molecule has 0 saturated carbocycles. The van der Waals surface area contributed by atoms with E-state index in [-0.39, 0.29) is 17.4 Å². The summed E-state index contributed by atoms with van der Waals surface area (Å²) in [5, 5.41) is 29.5. The number of phenols is 2. The van der Waals surface area contributed by atoms with Crippen LogP contribution in [0.2, 0.25) is 0 Å². The van der Waals surface area contributed by atoms with Gasteiger partial charge in [0.15, 0.2) is 0 Å². The molecule has 0 radical (unpaired) electrons. The Bertz CT molecular complexity index is 587. The van der Waals surface area contributed by atoms with Crippen molar-refractivity contribution in [3.05, 3.63) is 59.7 Å². The van der Waals surface area contributed by atoms with E-state index in [9.17, 15) is 10.2 Å². The predicted octanol–water partition coefficient (Wildman–Crippen LogP) is 3.64. The third-order valence-corrected chi connectivity index (χ3v) is 3.83. The molecule has 0 bridgehead atoms. The van der Waals surface area contributed by atoms with E-state index < -0.39 is 0 Å². The van der Waals surface area contributed by atoms with E-state index in [1.807, 2.05) is 24.3 Å². The Morgan fingerprint density at radius 1 is 0.950 bits per heavy atom. The maximum absolute atomic E-state index is 9.35. The predicted molar refractivity (Wildman–Crippen MR) is 80.7 cm³/mol. The highest BCUT2D eigenvalue weighted by Gasteiger charge is 2.13. The molecule has 2 aromatic rings. The van der Waals surface area contributed by atoms with Crippen molar-refractivity contribution < 1.29 is 10.2 Å². The number of hydrogen-bond acceptors (Lipinski definition) is 4. The fourth-order valence-electron chi connectivity index (χ4n) is 2.07. The summed E-state index contributed by atoms with van der Waals surface area (Å²) in [6, 6.07) is 14.2. The summed E-state index contributed by atoms with van der Waals surface area (Å²) in [5.74, 6) is 1.39. The summed E-state index contributed by atoms with van der Waals surface area (Å²) in [4.78, 5) is 0. The van der Waals surface area contributed by atoms with Gasteiger partial charge >= 0.3 is 0 Å². The molecule has 1 unspecified atom stereocenters. The molecule has 102 valence electrons. The highest BCUT2D eigenvalue weighted by Crippen LogP contribution is 2.27. The van der Waals surface area contributed by atoms with Crippen molar-refractivity contribution in [2.24, 2.45) is 0 Å². The van der Waals surface area contributed by atoms with E-state index in [1.54, 1.807) is 24.3 Å². The molecule has 0 aliphatic heterocycles. The zero-order chi connectivity index (χ0) is 14.4. The van der Waals surface area contributed by atoms with Crippen molar-refractivity contribution in [2.75, 3.05) is 5.75 Å². The van der Waals surface area contributed by atoms with Gasteiger partial charge in [0.05, 0.1) is 0 Å². The van der Waals surface area contributed by atoms with Crippen LogP contribution in [0.5, 0.6) is 11.5 Å². The fraction of sp³-hybridized carbons (Fsp3) is 0.188. The standard InChI is InChI=1S/C16H15NO2S/c17-11-20-10-14(13-3-7-16(19)8-4-13)9-12-1-5-15(18)6-2-12/h1-8,14,18-19H,9-10H2. The summed E-state index contributed by atoms with van der Waals surface area (Å²) in [7, 11) is 0. The van der Waals surface area contributed by atoms with Gasteiger partial charge in [-0.15, -0.1) is 0 Å². The molecule has 0 saturated heterocycles. The van der Waals surface area contributed by atoms with Crippen LogP contribution in [0.4, 0.5) is 0 Å². The topological polar surface area (TPSA) is 64.2 Å². The summed E-state index contributed by atoms with van der Waals surface area (Å²) < 4.78 is 0. The second kappa shape index (κ2) is 6.88. The molecule has 0 fully saturated rings. The molecular formula is C16H15NO2S. The average molecular weight is 285 g/mol. The number of rotatable bonds is 5. The number of thioether (sulfide) groups is 1. The first-order valence-electron chi connectivity index (χ1n) is 6.27. The molecule has 0 heterocycles. The summed E-state index contributed by atoms with van der Waals surface area (Å²) >= 11 is 1.23. The Morgan fingerprint density at radius 2 is 1.50 bits per heavy atom. The highest BCUT2D eigenvalue weighted by molar-refractivity contribution is 8.03. The molecule has 2 aromatic carbocycles. The number of thiocyanates is 1. The van der Waals surface area contributed by atoms with Gasteiger partial charge < -0.3 is 10.2 Å². The minimum atomic E-state index is 0.199. The van der Waals surface area contributed by atoms with Gasteiger partial charge in [-0.25, -0.2) is 0 Å². The van der Waals surface area contributed by atoms with Gasteiger partial charge in [-0.1, -0.05) is 24.3 Å². The molecule has 20 heavy (non-hydrogen) atoms. The lowest BCUT2D eigenvalue weighted by Gasteiger charge is -2.16. The number of aromatic hydroxyl groups is 2. The molecule has 0 aromatic heterocycles. The lowest BCUT2D eigenvalue weighted by Crippen LogP contribution is -2.05. The summed E-state index contributed by atoms with van der Waals surface area (Å²) in [6.07, 6.45) is 0.791. The SMILES string of the molecule is N#CSCC(Cc1ccc(O)cc1)c1ccc(O)cc1. The second-order valence-electron chi connectivity index (χ2n) is 4.56. The number of hydrogen-bond donors (Lipinski definition) is 2. The first-order chi connectivity index (χ1) is 9.69. The maximum atomic E-state index is 9.35. The molecule has 3 nitrogen and oxygen atoms in total. The molecule has 2 rings (SSSR count). The normalized spacial score (nSPS) is 11.8. The Morgan fingerprint density at radius 3 is 2.05 bits per heavy atom. The molecule has 1 atom stereocenters. The first-order valence-corrected chi connectivity index (χ1v) is 7.25. The zero-order valence-corrected chi connectivity index (χ0v) is 11.7. The van der Waals surface area contributed by atoms with E-state index in [0.29, 0.717) is 5.75 Å². The van der Waals surface area contributed by atoms with E-state index in [4.69, 9.17) is 5.26 Å². The van der Waals surface area contributed by atoms with Crippen molar-refractivity contribution in [1.29, 1.82) is 5.26 Å². The second-order valence-corrected chi connectivity index (χ2v) is 5.37. The molecular weight excluding hydrogens is 270 g/mol. The van der Waals surface area contributed by atoms with Crippen molar-refractivity contribution >= 4 is 11.8 Å².